The Labute approximate surface area is 119 Å². The van der Waals surface area contributed by atoms with Crippen molar-refractivity contribution in [2.75, 3.05) is 12.4 Å². The molecule has 0 radical (unpaired) electrons. The third kappa shape index (κ3) is 2.12. The molecule has 0 atom stereocenters. The number of nitrogens with one attached hydrogen (secondary N) is 1. The molecule has 1 saturated carbocycles. The van der Waals surface area contributed by atoms with E-state index >= 15 is 0 Å². The quantitative estimate of drug-likeness (QED) is 0.899. The number of fused-ring (bicyclic) bond motifs is 1. The first-order valence-electron chi connectivity index (χ1n) is 6.37. The first-order valence-corrected chi connectivity index (χ1v) is 7.18. The Morgan fingerprint density at radius 1 is 1.50 bits per heavy atom. The lowest BCUT2D eigenvalue weighted by molar-refractivity contribution is 0.0328. The predicted octanol–water partition coefficient (Wildman–Crippen LogP) is 2.29. The monoisotopic (exact) mass is 293 g/mol. The molecule has 3 rings (SSSR count). The lowest BCUT2D eigenvalue weighted by Gasteiger charge is -2.35. The Kier molecular flexibility index (Phi) is 3.31. The Morgan fingerprint density at radius 3 is 2.90 bits per heavy atom. The minimum absolute atomic E-state index is 0.308. The van der Waals surface area contributed by atoms with Crippen molar-refractivity contribution in [3.8, 4) is 0 Å². The topological polar surface area (TPSA) is 84.3 Å². The van der Waals surface area contributed by atoms with Crippen molar-refractivity contribution in [3.05, 3.63) is 16.8 Å². The third-order valence-electron chi connectivity index (χ3n) is 3.69. The molecule has 0 aliphatic heterocycles. The van der Waals surface area contributed by atoms with Crippen LogP contribution in [0.4, 0.5) is 5.82 Å². The second kappa shape index (κ2) is 4.99. The van der Waals surface area contributed by atoms with Gasteiger partial charge in [-0.25, -0.2) is 14.8 Å². The molecule has 0 bridgehead atoms. The van der Waals surface area contributed by atoms with Crippen molar-refractivity contribution in [2.45, 2.75) is 31.9 Å². The van der Waals surface area contributed by atoms with Gasteiger partial charge in [0.25, 0.3) is 0 Å². The Morgan fingerprint density at radius 2 is 2.25 bits per heavy atom. The van der Waals surface area contributed by atoms with E-state index in [4.69, 9.17) is 4.74 Å². The molecule has 0 aromatic carbocycles. The molecule has 6 nitrogen and oxygen atoms in total. The van der Waals surface area contributed by atoms with Crippen molar-refractivity contribution >= 4 is 33.3 Å². The first kappa shape index (κ1) is 13.3. The predicted molar refractivity (Wildman–Crippen MR) is 76.6 cm³/mol. The minimum atomic E-state index is -0.917. The van der Waals surface area contributed by atoms with Gasteiger partial charge in [0.1, 0.15) is 21.9 Å². The SMILES string of the molecule is COC1CC(Nc2ncnc3sc(C(=O)O)c(C)c23)C1. The number of aromatic carboxylic acids is 1. The summed E-state index contributed by atoms with van der Waals surface area (Å²) in [5, 5.41) is 13.4. The Bertz CT molecular complexity index is 664. The average Bonchev–Trinajstić information content (AvgIpc) is 2.72. The van der Waals surface area contributed by atoms with Gasteiger partial charge in [0.15, 0.2) is 0 Å². The van der Waals surface area contributed by atoms with Gasteiger partial charge >= 0.3 is 5.97 Å². The summed E-state index contributed by atoms with van der Waals surface area (Å²) in [5.74, 6) is -0.199. The number of methoxy groups -OCH3 is 1. The molecule has 0 unspecified atom stereocenters. The summed E-state index contributed by atoms with van der Waals surface area (Å²) in [7, 11) is 1.71. The molecular formula is C13H15N3O3S. The van der Waals surface area contributed by atoms with Crippen LogP contribution in [0.25, 0.3) is 10.2 Å². The summed E-state index contributed by atoms with van der Waals surface area (Å²) in [6.45, 7) is 1.80. The molecule has 1 aliphatic rings. The molecular weight excluding hydrogens is 278 g/mol. The van der Waals surface area contributed by atoms with E-state index < -0.39 is 5.97 Å². The van der Waals surface area contributed by atoms with Crippen LogP contribution >= 0.6 is 11.3 Å². The van der Waals surface area contributed by atoms with Gasteiger partial charge < -0.3 is 15.2 Å². The number of nitrogens with zero attached hydrogens (tertiary/aromatic N) is 2. The Hall–Kier alpha value is -1.73. The first-order chi connectivity index (χ1) is 9.60. The number of carboxylic acid groups (broad SMARTS) is 1. The summed E-state index contributed by atoms with van der Waals surface area (Å²) in [6.07, 6.45) is 3.66. The van der Waals surface area contributed by atoms with E-state index in [1.54, 1.807) is 14.0 Å². The average molecular weight is 293 g/mol. The van der Waals surface area contributed by atoms with Crippen LogP contribution in [0.2, 0.25) is 0 Å². The van der Waals surface area contributed by atoms with E-state index in [-0.39, 0.29) is 0 Å². The molecule has 2 aromatic heterocycles. The zero-order chi connectivity index (χ0) is 14.3. The fraction of sp³-hybridized carbons (Fsp3) is 0.462. The molecule has 7 heteroatoms. The van der Waals surface area contributed by atoms with E-state index in [0.717, 1.165) is 29.6 Å². The summed E-state index contributed by atoms with van der Waals surface area (Å²) in [6, 6.07) is 0.325. The minimum Gasteiger partial charge on any atom is -0.477 e. The van der Waals surface area contributed by atoms with Crippen LogP contribution < -0.4 is 5.32 Å². The smallest absolute Gasteiger partial charge is 0.346 e. The maximum absolute atomic E-state index is 11.2. The van der Waals surface area contributed by atoms with Crippen LogP contribution in [0.15, 0.2) is 6.33 Å². The number of thiophene rings is 1. The van der Waals surface area contributed by atoms with Crippen LogP contribution in [0, 0.1) is 6.92 Å². The van der Waals surface area contributed by atoms with Crippen molar-refractivity contribution in [1.82, 2.24) is 9.97 Å². The largest absolute Gasteiger partial charge is 0.477 e. The third-order valence-corrected chi connectivity index (χ3v) is 4.88. The lowest BCUT2D eigenvalue weighted by atomic mass is 9.89. The van der Waals surface area contributed by atoms with E-state index in [2.05, 4.69) is 15.3 Å². The number of rotatable bonds is 4. The van der Waals surface area contributed by atoms with E-state index in [1.165, 1.54) is 17.7 Å². The van der Waals surface area contributed by atoms with Gasteiger partial charge in [-0.2, -0.15) is 0 Å². The van der Waals surface area contributed by atoms with Crippen LogP contribution in [0.5, 0.6) is 0 Å². The van der Waals surface area contributed by atoms with Crippen molar-refractivity contribution in [3.63, 3.8) is 0 Å². The highest BCUT2D eigenvalue weighted by molar-refractivity contribution is 7.20. The highest BCUT2D eigenvalue weighted by Gasteiger charge is 2.30. The molecule has 1 fully saturated rings. The second-order valence-corrected chi connectivity index (χ2v) is 5.93. The highest BCUT2D eigenvalue weighted by atomic mass is 32.1. The highest BCUT2D eigenvalue weighted by Crippen LogP contribution is 2.35. The van der Waals surface area contributed by atoms with Gasteiger partial charge in [0.2, 0.25) is 0 Å². The van der Waals surface area contributed by atoms with Crippen molar-refractivity contribution < 1.29 is 14.6 Å². The van der Waals surface area contributed by atoms with Crippen LogP contribution in [0.1, 0.15) is 28.1 Å². The van der Waals surface area contributed by atoms with Gasteiger partial charge in [-0.3, -0.25) is 0 Å². The van der Waals surface area contributed by atoms with Gasteiger partial charge in [-0.15, -0.1) is 11.3 Å². The molecule has 2 N–H and O–H groups in total. The fourth-order valence-electron chi connectivity index (χ4n) is 2.45. The fourth-order valence-corrected chi connectivity index (χ4v) is 3.44. The van der Waals surface area contributed by atoms with Crippen molar-refractivity contribution in [1.29, 1.82) is 0 Å². The lowest BCUT2D eigenvalue weighted by Crippen LogP contribution is -2.40. The van der Waals surface area contributed by atoms with Crippen LogP contribution in [-0.2, 0) is 4.74 Å². The molecule has 2 aromatic rings. The molecule has 20 heavy (non-hydrogen) atoms. The van der Waals surface area contributed by atoms with Gasteiger partial charge in [0.05, 0.1) is 11.5 Å². The molecule has 1 aliphatic carbocycles. The molecule has 106 valence electrons. The number of carboxylic acids is 1. The number of aryl methyl sites for hydroxylation is 1. The summed E-state index contributed by atoms with van der Waals surface area (Å²) in [4.78, 5) is 20.7. The number of aromatic nitrogens is 2. The van der Waals surface area contributed by atoms with Gasteiger partial charge in [0, 0.05) is 13.2 Å². The number of carbonyl (C=O) groups is 1. The molecule has 0 amide bonds. The summed E-state index contributed by atoms with van der Waals surface area (Å²) < 4.78 is 5.25. The maximum atomic E-state index is 11.2. The maximum Gasteiger partial charge on any atom is 0.346 e. The second-order valence-electron chi connectivity index (χ2n) is 4.93. The van der Waals surface area contributed by atoms with E-state index in [0.29, 0.717) is 21.9 Å². The van der Waals surface area contributed by atoms with Crippen molar-refractivity contribution in [2.24, 2.45) is 0 Å². The number of ether oxygens (including phenoxy) is 1. The van der Waals surface area contributed by atoms with Crippen LogP contribution in [-0.4, -0.2) is 40.3 Å². The standard InChI is InChI=1S/C13H15N3O3S/c1-6-9-11(16-7-3-8(4-7)19-2)14-5-15-12(9)20-10(6)13(17)18/h5,7-8H,3-4H2,1-2H3,(H,17,18)(H,14,15,16). The molecule has 0 spiro atoms. The summed E-state index contributed by atoms with van der Waals surface area (Å²) >= 11 is 1.19. The van der Waals surface area contributed by atoms with Gasteiger partial charge in [-0.05, 0) is 25.3 Å². The Balaban J connectivity index is 1.93. The number of hydrogen-bond donors (Lipinski definition) is 2. The molecule has 2 heterocycles. The normalized spacial score (nSPS) is 21.7. The zero-order valence-corrected chi connectivity index (χ0v) is 12.0. The number of anilines is 1. The zero-order valence-electron chi connectivity index (χ0n) is 11.2. The van der Waals surface area contributed by atoms with Crippen LogP contribution in [0.3, 0.4) is 0 Å². The molecule has 0 saturated heterocycles. The van der Waals surface area contributed by atoms with E-state index in [1.807, 2.05) is 0 Å². The number of hydrogen-bond acceptors (Lipinski definition) is 6. The summed E-state index contributed by atoms with van der Waals surface area (Å²) in [5.41, 5.74) is 0.725. The van der Waals surface area contributed by atoms with Gasteiger partial charge in [-0.1, -0.05) is 0 Å². The van der Waals surface area contributed by atoms with E-state index in [9.17, 15) is 9.90 Å².